The van der Waals surface area contributed by atoms with E-state index in [9.17, 15) is 9.59 Å². The van der Waals surface area contributed by atoms with E-state index in [2.05, 4.69) is 39.4 Å². The van der Waals surface area contributed by atoms with Crippen LogP contribution in [0.3, 0.4) is 0 Å². The van der Waals surface area contributed by atoms with Gasteiger partial charge in [-0.15, -0.1) is 0 Å². The fourth-order valence-electron chi connectivity index (χ4n) is 5.52. The van der Waals surface area contributed by atoms with Crippen molar-refractivity contribution < 1.29 is 14.3 Å². The van der Waals surface area contributed by atoms with Crippen molar-refractivity contribution >= 4 is 63.7 Å². The minimum atomic E-state index is -0.733. The number of nitrogens with one attached hydrogen (secondary N) is 1. The third kappa shape index (κ3) is 7.85. The van der Waals surface area contributed by atoms with Crippen LogP contribution in [-0.2, 0) is 16.1 Å². The van der Waals surface area contributed by atoms with E-state index in [1.807, 2.05) is 11.0 Å². The zero-order valence-electron chi connectivity index (χ0n) is 24.0. The molecule has 0 bridgehead atoms. The molecule has 2 saturated heterocycles. The number of hydrogen-bond acceptors (Lipinski definition) is 6. The molecule has 0 aliphatic carbocycles. The van der Waals surface area contributed by atoms with Crippen LogP contribution >= 0.6 is 35.4 Å². The normalized spacial score (nSPS) is 17.9. The number of rotatable bonds is 11. The number of halogens is 2. The Balaban J connectivity index is 1.23. The topological polar surface area (TPSA) is 68.4 Å². The summed E-state index contributed by atoms with van der Waals surface area (Å²) >= 11 is 18.2. The average Bonchev–Trinajstić information content (AvgIpc) is 3.23. The van der Waals surface area contributed by atoms with E-state index in [0.717, 1.165) is 45.7 Å². The standard InChI is InChI=1S/C32H35Cl2N5O3S/c1-42-29-13-12-26(20-27(29)34)39-31(41)28(21-30(40)35-25-10-8-24(33)9-11-25)38(32(39)43)15-5-14-36-16-18-37(19-17-36)22-23-6-3-2-4-7-23/h2-4,6-13,20,28H,5,14-19,21-22H2,1H3,(H,35,40). The lowest BCUT2D eigenvalue weighted by Crippen LogP contribution is -2.47. The third-order valence-corrected chi connectivity index (χ3v) is 8.77. The summed E-state index contributed by atoms with van der Waals surface area (Å²) in [4.78, 5) is 35.1. The Hall–Kier alpha value is -3.21. The number of carbonyl (C=O) groups excluding carboxylic acids is 2. The van der Waals surface area contributed by atoms with Crippen molar-refractivity contribution in [2.45, 2.75) is 25.4 Å². The van der Waals surface area contributed by atoms with Crippen molar-refractivity contribution in [3.05, 3.63) is 88.4 Å². The van der Waals surface area contributed by atoms with Crippen LogP contribution in [0.4, 0.5) is 11.4 Å². The number of carbonyl (C=O) groups is 2. The lowest BCUT2D eigenvalue weighted by atomic mass is 10.1. The molecule has 1 unspecified atom stereocenters. The van der Waals surface area contributed by atoms with Gasteiger partial charge in [0.1, 0.15) is 11.8 Å². The summed E-state index contributed by atoms with van der Waals surface area (Å²) in [5, 5.41) is 4.18. The molecule has 0 spiro atoms. The second-order valence-corrected chi connectivity index (χ2v) is 11.9. The number of nitrogens with zero attached hydrogens (tertiary/aromatic N) is 4. The smallest absolute Gasteiger partial charge is 0.256 e. The fourth-order valence-corrected chi connectivity index (χ4v) is 6.31. The van der Waals surface area contributed by atoms with E-state index >= 15 is 0 Å². The van der Waals surface area contributed by atoms with Crippen LogP contribution in [0.1, 0.15) is 18.4 Å². The van der Waals surface area contributed by atoms with Crippen LogP contribution in [0.2, 0.25) is 10.0 Å². The van der Waals surface area contributed by atoms with Gasteiger partial charge in [0.05, 0.1) is 24.2 Å². The maximum atomic E-state index is 13.8. The number of thiocarbonyl (C=S) groups is 1. The lowest BCUT2D eigenvalue weighted by Gasteiger charge is -2.35. The third-order valence-electron chi connectivity index (χ3n) is 7.81. The SMILES string of the molecule is COc1ccc(N2C(=O)C(CC(=O)Nc3ccc(Cl)cc3)N(CCCN3CCN(Cc4ccccc4)CC3)C2=S)cc1Cl. The van der Waals surface area contributed by atoms with Crippen molar-refractivity contribution in [1.29, 1.82) is 0 Å². The van der Waals surface area contributed by atoms with Gasteiger partial charge in [0.15, 0.2) is 5.11 Å². The predicted molar refractivity (Wildman–Crippen MR) is 176 cm³/mol. The Kier molecular flexibility index (Phi) is 10.5. The van der Waals surface area contributed by atoms with Gasteiger partial charge < -0.3 is 19.9 Å². The van der Waals surface area contributed by atoms with E-state index in [4.69, 9.17) is 40.2 Å². The van der Waals surface area contributed by atoms with Crippen molar-refractivity contribution in [3.8, 4) is 5.75 Å². The molecule has 1 atom stereocenters. The van der Waals surface area contributed by atoms with Crippen LogP contribution in [0.25, 0.3) is 0 Å². The molecule has 2 fully saturated rings. The molecule has 3 aromatic carbocycles. The van der Waals surface area contributed by atoms with E-state index < -0.39 is 6.04 Å². The van der Waals surface area contributed by atoms with Gasteiger partial charge in [-0.05, 0) is 73.2 Å². The molecule has 11 heteroatoms. The van der Waals surface area contributed by atoms with Gasteiger partial charge in [-0.2, -0.15) is 0 Å². The molecule has 2 aliphatic heterocycles. The van der Waals surface area contributed by atoms with Crippen LogP contribution in [0, 0.1) is 0 Å². The molecule has 1 N–H and O–H groups in total. The number of methoxy groups -OCH3 is 1. The summed E-state index contributed by atoms with van der Waals surface area (Å²) in [7, 11) is 1.53. The van der Waals surface area contributed by atoms with Gasteiger partial charge in [0, 0.05) is 50.0 Å². The minimum Gasteiger partial charge on any atom is -0.495 e. The number of hydrogen-bond donors (Lipinski definition) is 1. The van der Waals surface area contributed by atoms with E-state index in [-0.39, 0.29) is 18.2 Å². The van der Waals surface area contributed by atoms with E-state index in [1.165, 1.54) is 17.6 Å². The number of ether oxygens (including phenoxy) is 1. The molecule has 5 rings (SSSR count). The number of benzene rings is 3. The largest absolute Gasteiger partial charge is 0.495 e. The van der Waals surface area contributed by atoms with Gasteiger partial charge in [0.25, 0.3) is 5.91 Å². The summed E-state index contributed by atoms with van der Waals surface area (Å²) in [5.74, 6) is -0.0350. The quantitative estimate of drug-likeness (QED) is 0.276. The van der Waals surface area contributed by atoms with E-state index in [0.29, 0.717) is 38.8 Å². The highest BCUT2D eigenvalue weighted by atomic mass is 35.5. The van der Waals surface area contributed by atoms with Crippen molar-refractivity contribution in [2.24, 2.45) is 0 Å². The van der Waals surface area contributed by atoms with Gasteiger partial charge in [0.2, 0.25) is 5.91 Å². The first-order chi connectivity index (χ1) is 20.8. The Labute approximate surface area is 268 Å². The summed E-state index contributed by atoms with van der Waals surface area (Å²) in [6.45, 7) is 6.38. The second-order valence-electron chi connectivity index (χ2n) is 10.7. The second kappa shape index (κ2) is 14.5. The highest BCUT2D eigenvalue weighted by molar-refractivity contribution is 7.80. The van der Waals surface area contributed by atoms with Gasteiger partial charge in [-0.3, -0.25) is 19.4 Å². The summed E-state index contributed by atoms with van der Waals surface area (Å²) < 4.78 is 5.27. The molecule has 3 aromatic rings. The van der Waals surface area contributed by atoms with Crippen molar-refractivity contribution in [1.82, 2.24) is 14.7 Å². The molecule has 2 amide bonds. The summed E-state index contributed by atoms with van der Waals surface area (Å²) in [6.07, 6.45) is 0.763. The number of amides is 2. The molecule has 0 radical (unpaired) electrons. The van der Waals surface area contributed by atoms with E-state index in [1.54, 1.807) is 42.5 Å². The number of piperazine rings is 1. The minimum absolute atomic E-state index is 0.0415. The molecule has 2 heterocycles. The first kappa shape index (κ1) is 31.2. The van der Waals surface area contributed by atoms with Gasteiger partial charge in [-0.25, -0.2) is 0 Å². The Bertz CT molecular complexity index is 1430. The van der Waals surface area contributed by atoms with Crippen LogP contribution < -0.4 is 15.0 Å². The molecule has 226 valence electrons. The molecular weight excluding hydrogens is 605 g/mol. The Morgan fingerprint density at radius 1 is 0.953 bits per heavy atom. The Morgan fingerprint density at radius 3 is 2.33 bits per heavy atom. The molecule has 8 nitrogen and oxygen atoms in total. The monoisotopic (exact) mass is 639 g/mol. The first-order valence-electron chi connectivity index (χ1n) is 14.3. The predicted octanol–water partition coefficient (Wildman–Crippen LogP) is 5.54. The first-order valence-corrected chi connectivity index (χ1v) is 15.5. The summed E-state index contributed by atoms with van der Waals surface area (Å²) in [6, 6.07) is 21.8. The average molecular weight is 641 g/mol. The van der Waals surface area contributed by atoms with Gasteiger partial charge >= 0.3 is 0 Å². The zero-order chi connectivity index (χ0) is 30.3. The maximum Gasteiger partial charge on any atom is 0.256 e. The van der Waals surface area contributed by atoms with Crippen LogP contribution in [-0.4, -0.2) is 84.0 Å². The van der Waals surface area contributed by atoms with Crippen LogP contribution in [0.5, 0.6) is 5.75 Å². The molecule has 0 saturated carbocycles. The van der Waals surface area contributed by atoms with Crippen molar-refractivity contribution in [2.75, 3.05) is 56.6 Å². The molecular formula is C32H35Cl2N5O3S. The molecule has 43 heavy (non-hydrogen) atoms. The summed E-state index contributed by atoms with van der Waals surface area (Å²) in [5.41, 5.74) is 2.48. The highest BCUT2D eigenvalue weighted by Gasteiger charge is 2.44. The molecule has 2 aliphatic rings. The van der Waals surface area contributed by atoms with Crippen molar-refractivity contribution in [3.63, 3.8) is 0 Å². The zero-order valence-corrected chi connectivity index (χ0v) is 26.4. The number of anilines is 2. The van der Waals surface area contributed by atoms with Crippen LogP contribution in [0.15, 0.2) is 72.8 Å². The Morgan fingerprint density at radius 2 is 1.65 bits per heavy atom. The highest BCUT2D eigenvalue weighted by Crippen LogP contribution is 2.33. The fraction of sp³-hybridized carbons (Fsp3) is 0.344. The maximum absolute atomic E-state index is 13.8. The molecule has 0 aromatic heterocycles. The lowest BCUT2D eigenvalue weighted by molar-refractivity contribution is -0.124. The van der Waals surface area contributed by atoms with Gasteiger partial charge in [-0.1, -0.05) is 53.5 Å².